The lowest BCUT2D eigenvalue weighted by atomic mass is 10.1. The van der Waals surface area contributed by atoms with Crippen molar-refractivity contribution in [3.8, 4) is 0 Å². The number of hydrogen-bond donors (Lipinski definition) is 5. The van der Waals surface area contributed by atoms with E-state index in [0.717, 1.165) is 5.69 Å². The zero-order valence-corrected chi connectivity index (χ0v) is 18.8. The topological polar surface area (TPSA) is 150 Å². The molecule has 10 nitrogen and oxygen atoms in total. The number of carbonyl (C=O) groups is 3. The number of aromatic nitrogens is 1. The van der Waals surface area contributed by atoms with Gasteiger partial charge in [-0.25, -0.2) is 4.79 Å². The number of amides is 3. The first-order valence-corrected chi connectivity index (χ1v) is 10.4. The highest BCUT2D eigenvalue weighted by atomic mass is 16.4. The van der Waals surface area contributed by atoms with Gasteiger partial charge in [0.15, 0.2) is 0 Å². The van der Waals surface area contributed by atoms with E-state index in [1.165, 1.54) is 12.3 Å². The first-order valence-electron chi connectivity index (χ1n) is 10.4. The van der Waals surface area contributed by atoms with E-state index in [1.807, 2.05) is 31.1 Å². The summed E-state index contributed by atoms with van der Waals surface area (Å²) in [5.74, 6) is -1.56. The van der Waals surface area contributed by atoms with Crippen LogP contribution >= 0.6 is 0 Å². The molecule has 1 aromatic heterocycles. The van der Waals surface area contributed by atoms with Gasteiger partial charge in [0.05, 0.1) is 23.8 Å². The maximum atomic E-state index is 12.5. The average Bonchev–Trinajstić information content (AvgIpc) is 2.80. The first-order chi connectivity index (χ1) is 16.2. The van der Waals surface area contributed by atoms with Crippen LogP contribution in [0.3, 0.4) is 0 Å². The van der Waals surface area contributed by atoms with Crippen molar-refractivity contribution in [1.29, 1.82) is 0 Å². The standard InChI is InChI=1S/C24H26N6O4/c1-30(2)17-10-8-16(9-11-17)27-24(34)29-21(13-22(31)32)15-7-12-20(26-14-15)23(33)28-19-6-4-3-5-18(19)25/h3-12,14,21H,13,25H2,1-2H3,(H,28,33)(H,31,32)(H2,27,29,34). The summed E-state index contributed by atoms with van der Waals surface area (Å²) in [7, 11) is 3.82. The lowest BCUT2D eigenvalue weighted by Gasteiger charge is -2.18. The van der Waals surface area contributed by atoms with E-state index in [-0.39, 0.29) is 12.1 Å². The Kier molecular flexibility index (Phi) is 7.65. The fraction of sp³-hybridized carbons (Fsp3) is 0.167. The van der Waals surface area contributed by atoms with Crippen LogP contribution in [0.2, 0.25) is 0 Å². The summed E-state index contributed by atoms with van der Waals surface area (Å²) in [6, 6.07) is 15.6. The number of nitrogens with zero attached hydrogens (tertiary/aromatic N) is 2. The maximum absolute atomic E-state index is 12.5. The highest BCUT2D eigenvalue weighted by molar-refractivity contribution is 6.04. The molecule has 3 aromatic rings. The van der Waals surface area contributed by atoms with Crippen LogP contribution in [0.1, 0.15) is 28.5 Å². The number of urea groups is 1. The van der Waals surface area contributed by atoms with Crippen molar-refractivity contribution < 1.29 is 19.5 Å². The van der Waals surface area contributed by atoms with E-state index >= 15 is 0 Å². The number of para-hydroxylation sites is 2. The van der Waals surface area contributed by atoms with Gasteiger partial charge in [0.25, 0.3) is 5.91 Å². The molecule has 176 valence electrons. The molecule has 0 bridgehead atoms. The van der Waals surface area contributed by atoms with Gasteiger partial charge in [0.1, 0.15) is 5.69 Å². The monoisotopic (exact) mass is 462 g/mol. The van der Waals surface area contributed by atoms with Crippen LogP contribution in [0.5, 0.6) is 0 Å². The molecule has 1 atom stereocenters. The summed E-state index contributed by atoms with van der Waals surface area (Å²) < 4.78 is 0. The summed E-state index contributed by atoms with van der Waals surface area (Å²) in [5, 5.41) is 17.3. The van der Waals surface area contributed by atoms with Crippen LogP contribution < -0.4 is 26.6 Å². The van der Waals surface area contributed by atoms with Crippen LogP contribution in [0, 0.1) is 0 Å². The smallest absolute Gasteiger partial charge is 0.319 e. The third kappa shape index (κ3) is 6.45. The van der Waals surface area contributed by atoms with Crippen molar-refractivity contribution in [2.75, 3.05) is 35.4 Å². The molecule has 6 N–H and O–H groups in total. The van der Waals surface area contributed by atoms with Gasteiger partial charge in [-0.1, -0.05) is 18.2 Å². The number of rotatable bonds is 8. The van der Waals surface area contributed by atoms with Crippen LogP contribution in [-0.2, 0) is 4.79 Å². The molecule has 0 radical (unpaired) electrons. The highest BCUT2D eigenvalue weighted by Gasteiger charge is 2.20. The number of benzene rings is 2. The van der Waals surface area contributed by atoms with Gasteiger partial charge in [-0.2, -0.15) is 0 Å². The number of carboxylic acid groups (broad SMARTS) is 1. The quantitative estimate of drug-likeness (QED) is 0.322. The molecule has 0 aliphatic heterocycles. The van der Waals surface area contributed by atoms with Crippen molar-refractivity contribution >= 4 is 40.7 Å². The number of nitrogen functional groups attached to an aromatic ring is 1. The molecule has 0 fully saturated rings. The Hall–Kier alpha value is -4.60. The Morgan fingerprint density at radius 1 is 1.00 bits per heavy atom. The third-order valence-electron chi connectivity index (χ3n) is 4.96. The number of nitrogens with two attached hydrogens (primary N) is 1. The fourth-order valence-electron chi connectivity index (χ4n) is 3.14. The van der Waals surface area contributed by atoms with Crippen molar-refractivity contribution in [1.82, 2.24) is 10.3 Å². The summed E-state index contributed by atoms with van der Waals surface area (Å²) in [6.07, 6.45) is 1.00. The predicted molar refractivity (Wildman–Crippen MR) is 131 cm³/mol. The number of nitrogens with one attached hydrogen (secondary N) is 3. The van der Waals surface area contributed by atoms with Gasteiger partial charge < -0.3 is 31.7 Å². The Bertz CT molecular complexity index is 1160. The second-order valence-electron chi connectivity index (χ2n) is 7.71. The molecule has 0 saturated heterocycles. The maximum Gasteiger partial charge on any atom is 0.319 e. The van der Waals surface area contributed by atoms with E-state index in [2.05, 4.69) is 20.9 Å². The summed E-state index contributed by atoms with van der Waals surface area (Å²) in [4.78, 5) is 42.4. The first kappa shape index (κ1) is 24.1. The summed E-state index contributed by atoms with van der Waals surface area (Å²) in [6.45, 7) is 0. The molecular weight excluding hydrogens is 436 g/mol. The van der Waals surface area contributed by atoms with Gasteiger partial charge in [0, 0.05) is 31.7 Å². The van der Waals surface area contributed by atoms with Crippen molar-refractivity contribution in [3.63, 3.8) is 0 Å². The van der Waals surface area contributed by atoms with Gasteiger partial charge in [-0.15, -0.1) is 0 Å². The van der Waals surface area contributed by atoms with E-state index in [9.17, 15) is 19.5 Å². The molecule has 0 aliphatic carbocycles. The van der Waals surface area contributed by atoms with Crippen molar-refractivity contribution in [3.05, 3.63) is 78.1 Å². The molecule has 1 unspecified atom stereocenters. The lowest BCUT2D eigenvalue weighted by Crippen LogP contribution is -2.34. The summed E-state index contributed by atoms with van der Waals surface area (Å²) in [5.41, 5.74) is 8.80. The molecule has 3 amide bonds. The Morgan fingerprint density at radius 3 is 2.29 bits per heavy atom. The summed E-state index contributed by atoms with van der Waals surface area (Å²) >= 11 is 0. The number of carboxylic acids is 1. The van der Waals surface area contributed by atoms with Crippen LogP contribution in [0.25, 0.3) is 0 Å². The van der Waals surface area contributed by atoms with Crippen LogP contribution in [0.4, 0.5) is 27.5 Å². The Labute approximate surface area is 196 Å². The van der Waals surface area contributed by atoms with Gasteiger partial charge in [0.2, 0.25) is 0 Å². The molecule has 3 rings (SSSR count). The van der Waals surface area contributed by atoms with E-state index in [0.29, 0.717) is 22.6 Å². The molecule has 1 heterocycles. The van der Waals surface area contributed by atoms with Crippen LogP contribution in [-0.4, -0.2) is 42.1 Å². The zero-order chi connectivity index (χ0) is 24.7. The third-order valence-corrected chi connectivity index (χ3v) is 4.96. The molecule has 10 heteroatoms. The number of carbonyl (C=O) groups excluding carboxylic acids is 2. The van der Waals surface area contributed by atoms with Crippen molar-refractivity contribution in [2.24, 2.45) is 0 Å². The minimum Gasteiger partial charge on any atom is -0.481 e. The Morgan fingerprint density at radius 2 is 1.71 bits per heavy atom. The number of pyridine rings is 1. The lowest BCUT2D eigenvalue weighted by molar-refractivity contribution is -0.137. The van der Waals surface area contributed by atoms with Gasteiger partial charge >= 0.3 is 12.0 Å². The average molecular weight is 463 g/mol. The molecular formula is C24H26N6O4. The van der Waals surface area contributed by atoms with Crippen molar-refractivity contribution in [2.45, 2.75) is 12.5 Å². The molecule has 34 heavy (non-hydrogen) atoms. The number of hydrogen-bond acceptors (Lipinski definition) is 6. The zero-order valence-electron chi connectivity index (χ0n) is 18.8. The molecule has 0 saturated carbocycles. The second-order valence-corrected chi connectivity index (χ2v) is 7.71. The van der Waals surface area contributed by atoms with E-state index in [4.69, 9.17) is 5.73 Å². The highest BCUT2D eigenvalue weighted by Crippen LogP contribution is 2.20. The van der Waals surface area contributed by atoms with Crippen LogP contribution in [0.15, 0.2) is 66.9 Å². The van der Waals surface area contributed by atoms with Gasteiger partial charge in [-0.05, 0) is 48.0 Å². The SMILES string of the molecule is CN(C)c1ccc(NC(=O)NC(CC(=O)O)c2ccc(C(=O)Nc3ccccc3N)nc2)cc1. The number of aliphatic carboxylic acids is 1. The molecule has 0 spiro atoms. The largest absolute Gasteiger partial charge is 0.481 e. The molecule has 0 aliphatic rings. The normalized spacial score (nSPS) is 11.2. The molecule has 2 aromatic carbocycles. The Balaban J connectivity index is 1.68. The number of anilines is 4. The van der Waals surface area contributed by atoms with Gasteiger partial charge in [-0.3, -0.25) is 14.6 Å². The predicted octanol–water partition coefficient (Wildman–Crippen LogP) is 3.32. The fourth-order valence-corrected chi connectivity index (χ4v) is 3.14. The minimum atomic E-state index is -1.10. The van der Waals surface area contributed by atoms with E-state index in [1.54, 1.807) is 42.5 Å². The second kappa shape index (κ2) is 10.8. The minimum absolute atomic E-state index is 0.117. The van der Waals surface area contributed by atoms with E-state index < -0.39 is 23.9 Å².